The molecule has 1 fully saturated rings. The summed E-state index contributed by atoms with van der Waals surface area (Å²) in [5.41, 5.74) is 0.401. The van der Waals surface area contributed by atoms with E-state index in [0.29, 0.717) is 42.8 Å². The molecule has 0 radical (unpaired) electrons. The second-order valence-corrected chi connectivity index (χ2v) is 7.71. The highest BCUT2D eigenvalue weighted by Crippen LogP contribution is 2.30. The number of ether oxygens (including phenoxy) is 2. The molecule has 1 aliphatic rings. The molecule has 7 nitrogen and oxygen atoms in total. The molecule has 0 aliphatic carbocycles. The minimum absolute atomic E-state index is 0.0533. The van der Waals surface area contributed by atoms with Gasteiger partial charge in [-0.15, -0.1) is 0 Å². The molecule has 2 rings (SSSR count). The van der Waals surface area contributed by atoms with Crippen LogP contribution in [0.2, 0.25) is 5.02 Å². The molecule has 0 spiro atoms. The van der Waals surface area contributed by atoms with Crippen molar-refractivity contribution in [1.29, 1.82) is 0 Å². The molecule has 1 aromatic carbocycles. The fourth-order valence-electron chi connectivity index (χ4n) is 2.46. The summed E-state index contributed by atoms with van der Waals surface area (Å²) in [6.07, 6.45) is 1.20. The average molecular weight is 377 g/mol. The first-order valence-electron chi connectivity index (χ1n) is 7.49. The minimum atomic E-state index is -3.54. The van der Waals surface area contributed by atoms with E-state index in [1.165, 1.54) is 17.5 Å². The lowest BCUT2D eigenvalue weighted by Gasteiger charge is -2.28. The Hall–Kier alpha value is -1.51. The summed E-state index contributed by atoms with van der Waals surface area (Å²) in [7, 11) is -2.06. The van der Waals surface area contributed by atoms with Crippen LogP contribution in [0.3, 0.4) is 0 Å². The first-order valence-corrected chi connectivity index (χ1v) is 9.72. The second-order valence-electron chi connectivity index (χ2n) is 5.40. The molecule has 1 saturated heterocycles. The van der Waals surface area contributed by atoms with Crippen LogP contribution >= 0.6 is 11.6 Å². The number of carbonyl (C=O) groups is 1. The number of nitrogens with zero attached hydrogens (tertiary/aromatic N) is 2. The standard InChI is InChI=1S/C15H21ClN2O5S/c1-22-14-4-3-12(11-13(14)16)18(24(2,20)21)6-5-15(19)17-7-9-23-10-8-17/h3-4,11H,5-10H2,1-2H3. The van der Waals surface area contributed by atoms with Gasteiger partial charge in [-0.05, 0) is 18.2 Å². The summed E-state index contributed by atoms with van der Waals surface area (Å²) >= 11 is 6.07. The van der Waals surface area contributed by atoms with E-state index in [2.05, 4.69) is 0 Å². The monoisotopic (exact) mass is 376 g/mol. The van der Waals surface area contributed by atoms with Crippen molar-refractivity contribution >= 4 is 33.2 Å². The molecule has 24 heavy (non-hydrogen) atoms. The van der Waals surface area contributed by atoms with Crippen LogP contribution in [-0.2, 0) is 19.6 Å². The fraction of sp³-hybridized carbons (Fsp3) is 0.533. The van der Waals surface area contributed by atoms with Gasteiger partial charge in [0.1, 0.15) is 5.75 Å². The summed E-state index contributed by atoms with van der Waals surface area (Å²) in [6.45, 7) is 2.14. The molecule has 0 N–H and O–H groups in total. The van der Waals surface area contributed by atoms with Crippen molar-refractivity contribution in [2.45, 2.75) is 6.42 Å². The van der Waals surface area contributed by atoms with Crippen LogP contribution in [0.4, 0.5) is 5.69 Å². The highest BCUT2D eigenvalue weighted by atomic mass is 35.5. The molecule has 1 aromatic rings. The van der Waals surface area contributed by atoms with Gasteiger partial charge in [0.25, 0.3) is 0 Å². The minimum Gasteiger partial charge on any atom is -0.495 e. The molecule has 0 atom stereocenters. The van der Waals surface area contributed by atoms with Crippen LogP contribution in [-0.4, -0.2) is 65.4 Å². The molecule has 1 aliphatic heterocycles. The van der Waals surface area contributed by atoms with Gasteiger partial charge in [-0.3, -0.25) is 9.10 Å². The Morgan fingerprint density at radius 2 is 2.04 bits per heavy atom. The van der Waals surface area contributed by atoms with Gasteiger partial charge in [-0.25, -0.2) is 8.42 Å². The van der Waals surface area contributed by atoms with Crippen LogP contribution in [0, 0.1) is 0 Å². The number of hydrogen-bond donors (Lipinski definition) is 0. The van der Waals surface area contributed by atoms with Gasteiger partial charge in [-0.1, -0.05) is 11.6 Å². The Morgan fingerprint density at radius 1 is 1.38 bits per heavy atom. The van der Waals surface area contributed by atoms with Crippen molar-refractivity contribution in [2.75, 3.05) is 50.5 Å². The van der Waals surface area contributed by atoms with Crippen molar-refractivity contribution in [3.05, 3.63) is 23.2 Å². The van der Waals surface area contributed by atoms with Crippen molar-refractivity contribution < 1.29 is 22.7 Å². The van der Waals surface area contributed by atoms with E-state index in [0.717, 1.165) is 6.26 Å². The van der Waals surface area contributed by atoms with Crippen LogP contribution in [0.1, 0.15) is 6.42 Å². The molecular formula is C15H21ClN2O5S. The zero-order chi connectivity index (χ0) is 17.7. The number of benzene rings is 1. The largest absolute Gasteiger partial charge is 0.495 e. The Kier molecular flexibility index (Phi) is 6.31. The van der Waals surface area contributed by atoms with E-state index in [9.17, 15) is 13.2 Å². The topological polar surface area (TPSA) is 76.2 Å². The first kappa shape index (κ1) is 18.8. The van der Waals surface area contributed by atoms with Gasteiger partial charge in [0.2, 0.25) is 15.9 Å². The maximum Gasteiger partial charge on any atom is 0.232 e. The summed E-state index contributed by atoms with van der Waals surface area (Å²) < 4.78 is 35.6. The molecule has 0 unspecified atom stereocenters. The highest BCUT2D eigenvalue weighted by Gasteiger charge is 2.22. The van der Waals surface area contributed by atoms with Crippen LogP contribution in [0.15, 0.2) is 18.2 Å². The number of halogens is 1. The van der Waals surface area contributed by atoms with E-state index < -0.39 is 10.0 Å². The summed E-state index contributed by atoms with van der Waals surface area (Å²) in [6, 6.07) is 4.71. The lowest BCUT2D eigenvalue weighted by atomic mass is 10.2. The quantitative estimate of drug-likeness (QED) is 0.749. The number of rotatable bonds is 6. The molecule has 1 heterocycles. The highest BCUT2D eigenvalue weighted by molar-refractivity contribution is 7.92. The lowest BCUT2D eigenvalue weighted by Crippen LogP contribution is -2.42. The van der Waals surface area contributed by atoms with Crippen molar-refractivity contribution in [3.63, 3.8) is 0 Å². The van der Waals surface area contributed by atoms with Crippen molar-refractivity contribution in [2.24, 2.45) is 0 Å². The van der Waals surface area contributed by atoms with E-state index in [1.807, 2.05) is 0 Å². The first-order chi connectivity index (χ1) is 11.3. The number of carbonyl (C=O) groups excluding carboxylic acids is 1. The number of sulfonamides is 1. The Labute approximate surface area is 147 Å². The van der Waals surface area contributed by atoms with E-state index in [1.54, 1.807) is 17.0 Å². The number of morpholine rings is 1. The predicted octanol–water partition coefficient (Wildman–Crippen LogP) is 1.36. The molecule has 134 valence electrons. The Balaban J connectivity index is 2.11. The number of amides is 1. The molecule has 0 aromatic heterocycles. The van der Waals surface area contributed by atoms with E-state index >= 15 is 0 Å². The average Bonchev–Trinajstić information content (AvgIpc) is 2.54. The third-order valence-electron chi connectivity index (χ3n) is 3.72. The maximum atomic E-state index is 12.2. The Bertz CT molecular complexity index is 689. The van der Waals surface area contributed by atoms with Gasteiger partial charge in [-0.2, -0.15) is 0 Å². The zero-order valence-corrected chi connectivity index (χ0v) is 15.3. The smallest absolute Gasteiger partial charge is 0.232 e. The van der Waals surface area contributed by atoms with Gasteiger partial charge >= 0.3 is 0 Å². The lowest BCUT2D eigenvalue weighted by molar-refractivity contribution is -0.134. The maximum absolute atomic E-state index is 12.2. The summed E-state index contributed by atoms with van der Waals surface area (Å²) in [4.78, 5) is 13.9. The van der Waals surface area contributed by atoms with Gasteiger partial charge in [0.15, 0.2) is 0 Å². The molecule has 9 heteroatoms. The van der Waals surface area contributed by atoms with Crippen molar-refractivity contribution in [3.8, 4) is 5.75 Å². The van der Waals surface area contributed by atoms with Gasteiger partial charge < -0.3 is 14.4 Å². The molecule has 0 saturated carbocycles. The third-order valence-corrected chi connectivity index (χ3v) is 5.21. The van der Waals surface area contributed by atoms with Crippen LogP contribution in [0.5, 0.6) is 5.75 Å². The van der Waals surface area contributed by atoms with Gasteiger partial charge in [0.05, 0.1) is 37.3 Å². The summed E-state index contributed by atoms with van der Waals surface area (Å²) in [5, 5.41) is 0.308. The normalized spacial score (nSPS) is 15.2. The molecule has 0 bridgehead atoms. The van der Waals surface area contributed by atoms with Crippen LogP contribution in [0.25, 0.3) is 0 Å². The summed E-state index contributed by atoms with van der Waals surface area (Å²) in [5.74, 6) is 0.366. The predicted molar refractivity (Wildman–Crippen MR) is 92.2 cm³/mol. The number of hydrogen-bond acceptors (Lipinski definition) is 5. The molecule has 1 amide bonds. The second kappa shape index (κ2) is 8.04. The van der Waals surface area contributed by atoms with E-state index in [4.69, 9.17) is 21.1 Å². The Morgan fingerprint density at radius 3 is 2.58 bits per heavy atom. The number of methoxy groups -OCH3 is 1. The fourth-order valence-corrected chi connectivity index (χ4v) is 3.64. The van der Waals surface area contributed by atoms with Crippen molar-refractivity contribution in [1.82, 2.24) is 4.90 Å². The third kappa shape index (κ3) is 4.75. The molecular weight excluding hydrogens is 356 g/mol. The van der Waals surface area contributed by atoms with Crippen LogP contribution < -0.4 is 9.04 Å². The van der Waals surface area contributed by atoms with Gasteiger partial charge in [0, 0.05) is 26.1 Å². The number of anilines is 1. The van der Waals surface area contributed by atoms with E-state index in [-0.39, 0.29) is 18.9 Å². The zero-order valence-electron chi connectivity index (χ0n) is 13.7. The SMILES string of the molecule is COc1ccc(N(CCC(=O)N2CCOCC2)S(C)(=O)=O)cc1Cl.